The molecule has 0 aliphatic rings. The molecule has 116 valence electrons. The lowest BCUT2D eigenvalue weighted by molar-refractivity contribution is 0.0952. The highest BCUT2D eigenvalue weighted by Crippen LogP contribution is 2.20. The van der Waals surface area contributed by atoms with Gasteiger partial charge in [-0.1, -0.05) is 24.3 Å². The standard InChI is InChI=1S/C18H17N3O2/c1-12-7-8-15(17(9-12)23-2)18(22)21-20-11-13-10-19-16-6-4-3-5-14(13)16/h3-11,19H,1-2H3,(H,21,22)/b20-11-. The van der Waals surface area contributed by atoms with Gasteiger partial charge in [0.1, 0.15) is 5.75 Å². The number of benzene rings is 2. The number of amides is 1. The molecule has 0 aliphatic heterocycles. The maximum Gasteiger partial charge on any atom is 0.275 e. The lowest BCUT2D eigenvalue weighted by Gasteiger charge is -2.07. The Morgan fingerprint density at radius 2 is 2.09 bits per heavy atom. The molecule has 5 nitrogen and oxygen atoms in total. The van der Waals surface area contributed by atoms with Crippen LogP contribution in [0, 0.1) is 6.92 Å². The molecule has 0 bridgehead atoms. The first-order chi connectivity index (χ1) is 11.2. The van der Waals surface area contributed by atoms with Crippen LogP contribution in [0.3, 0.4) is 0 Å². The number of hydrogen-bond acceptors (Lipinski definition) is 3. The van der Waals surface area contributed by atoms with Crippen molar-refractivity contribution in [1.82, 2.24) is 10.4 Å². The minimum atomic E-state index is -0.307. The normalized spacial score (nSPS) is 11.0. The van der Waals surface area contributed by atoms with E-state index in [4.69, 9.17) is 4.74 Å². The van der Waals surface area contributed by atoms with Gasteiger partial charge in [-0.05, 0) is 30.7 Å². The molecule has 23 heavy (non-hydrogen) atoms. The average molecular weight is 307 g/mol. The molecule has 0 spiro atoms. The van der Waals surface area contributed by atoms with Gasteiger partial charge in [-0.15, -0.1) is 0 Å². The van der Waals surface area contributed by atoms with Crippen LogP contribution in [0.25, 0.3) is 10.9 Å². The quantitative estimate of drug-likeness (QED) is 0.574. The van der Waals surface area contributed by atoms with Gasteiger partial charge in [0, 0.05) is 22.7 Å². The number of carbonyl (C=O) groups is 1. The van der Waals surface area contributed by atoms with Gasteiger partial charge in [0.25, 0.3) is 5.91 Å². The maximum absolute atomic E-state index is 12.2. The summed E-state index contributed by atoms with van der Waals surface area (Å²) in [5.74, 6) is 0.225. The summed E-state index contributed by atoms with van der Waals surface area (Å²) < 4.78 is 5.24. The molecule has 0 saturated carbocycles. The Labute approximate surface area is 134 Å². The molecule has 3 rings (SSSR count). The number of nitrogens with zero attached hydrogens (tertiary/aromatic N) is 1. The van der Waals surface area contributed by atoms with Crippen LogP contribution in [-0.4, -0.2) is 24.2 Å². The molecule has 0 fully saturated rings. The molecule has 2 N–H and O–H groups in total. The number of ether oxygens (including phenoxy) is 1. The fourth-order valence-electron chi connectivity index (χ4n) is 2.41. The number of para-hydroxylation sites is 1. The van der Waals surface area contributed by atoms with Crippen molar-refractivity contribution in [3.63, 3.8) is 0 Å². The third-order valence-electron chi connectivity index (χ3n) is 3.59. The number of nitrogens with one attached hydrogen (secondary N) is 2. The Bertz CT molecular complexity index is 881. The summed E-state index contributed by atoms with van der Waals surface area (Å²) in [7, 11) is 1.54. The number of rotatable bonds is 4. The molecule has 0 aliphatic carbocycles. The van der Waals surface area contributed by atoms with Crippen molar-refractivity contribution in [1.29, 1.82) is 0 Å². The number of hydrogen-bond donors (Lipinski definition) is 2. The highest BCUT2D eigenvalue weighted by molar-refractivity contribution is 6.00. The number of fused-ring (bicyclic) bond motifs is 1. The highest BCUT2D eigenvalue weighted by Gasteiger charge is 2.11. The van der Waals surface area contributed by atoms with E-state index in [0.717, 1.165) is 22.0 Å². The SMILES string of the molecule is COc1cc(C)ccc1C(=O)N/N=C\c1c[nH]c2ccccc12. The fraction of sp³-hybridized carbons (Fsp3) is 0.111. The molecule has 0 saturated heterocycles. The van der Waals surface area contributed by atoms with Crippen LogP contribution in [0.5, 0.6) is 5.75 Å². The zero-order chi connectivity index (χ0) is 16.2. The van der Waals surface area contributed by atoms with Crippen LogP contribution in [0.4, 0.5) is 0 Å². The monoisotopic (exact) mass is 307 g/mol. The summed E-state index contributed by atoms with van der Waals surface area (Å²) in [6.45, 7) is 1.94. The van der Waals surface area contributed by atoms with Crippen molar-refractivity contribution in [3.8, 4) is 5.75 Å². The van der Waals surface area contributed by atoms with Gasteiger partial charge in [-0.3, -0.25) is 4.79 Å². The fourth-order valence-corrected chi connectivity index (χ4v) is 2.41. The second-order valence-corrected chi connectivity index (χ2v) is 5.19. The van der Waals surface area contributed by atoms with E-state index in [9.17, 15) is 4.79 Å². The number of aromatic amines is 1. The van der Waals surface area contributed by atoms with Crippen LogP contribution in [0.1, 0.15) is 21.5 Å². The summed E-state index contributed by atoms with van der Waals surface area (Å²) >= 11 is 0. The summed E-state index contributed by atoms with van der Waals surface area (Å²) in [5, 5.41) is 5.09. The second kappa shape index (κ2) is 6.36. The second-order valence-electron chi connectivity index (χ2n) is 5.19. The van der Waals surface area contributed by atoms with E-state index in [-0.39, 0.29) is 5.91 Å². The van der Waals surface area contributed by atoms with Crippen molar-refractivity contribution >= 4 is 23.0 Å². The van der Waals surface area contributed by atoms with Gasteiger partial charge in [0.15, 0.2) is 0 Å². The molecule has 2 aromatic carbocycles. The minimum absolute atomic E-state index is 0.307. The summed E-state index contributed by atoms with van der Waals surface area (Å²) in [6, 6.07) is 13.3. The van der Waals surface area contributed by atoms with E-state index >= 15 is 0 Å². The third kappa shape index (κ3) is 3.08. The largest absolute Gasteiger partial charge is 0.496 e. The Kier molecular flexibility index (Phi) is 4.10. The van der Waals surface area contributed by atoms with Crippen molar-refractivity contribution in [2.75, 3.05) is 7.11 Å². The van der Waals surface area contributed by atoms with Crippen molar-refractivity contribution in [2.45, 2.75) is 6.92 Å². The number of aromatic nitrogens is 1. The first-order valence-electron chi connectivity index (χ1n) is 7.23. The molecular formula is C18H17N3O2. The smallest absolute Gasteiger partial charge is 0.275 e. The van der Waals surface area contributed by atoms with E-state index in [2.05, 4.69) is 15.5 Å². The van der Waals surface area contributed by atoms with Gasteiger partial charge in [-0.25, -0.2) is 5.43 Å². The summed E-state index contributed by atoms with van der Waals surface area (Å²) in [4.78, 5) is 15.4. The molecule has 1 aromatic heterocycles. The number of carbonyl (C=O) groups excluding carboxylic acids is 1. The predicted molar refractivity (Wildman–Crippen MR) is 91.1 cm³/mol. The van der Waals surface area contributed by atoms with Crippen LogP contribution in [0.2, 0.25) is 0 Å². The predicted octanol–water partition coefficient (Wildman–Crippen LogP) is 3.25. The summed E-state index contributed by atoms with van der Waals surface area (Å²) in [5.41, 5.74) is 5.96. The van der Waals surface area contributed by atoms with E-state index in [1.54, 1.807) is 19.4 Å². The van der Waals surface area contributed by atoms with Crippen LogP contribution < -0.4 is 10.2 Å². The van der Waals surface area contributed by atoms with Crippen molar-refractivity contribution < 1.29 is 9.53 Å². The Morgan fingerprint density at radius 3 is 2.91 bits per heavy atom. The first kappa shape index (κ1) is 14.8. The van der Waals surface area contributed by atoms with E-state index in [0.29, 0.717) is 11.3 Å². The lowest BCUT2D eigenvalue weighted by atomic mass is 10.1. The van der Waals surface area contributed by atoms with Crippen molar-refractivity contribution in [3.05, 3.63) is 65.4 Å². The first-order valence-corrected chi connectivity index (χ1v) is 7.23. The van der Waals surface area contributed by atoms with Gasteiger partial charge in [0.2, 0.25) is 0 Å². The lowest BCUT2D eigenvalue weighted by Crippen LogP contribution is -2.18. The van der Waals surface area contributed by atoms with Gasteiger partial charge in [0.05, 0.1) is 18.9 Å². The molecule has 0 unspecified atom stereocenters. The molecule has 0 radical (unpaired) electrons. The molecule has 1 heterocycles. The molecular weight excluding hydrogens is 290 g/mol. The molecule has 5 heteroatoms. The minimum Gasteiger partial charge on any atom is -0.496 e. The highest BCUT2D eigenvalue weighted by atomic mass is 16.5. The Balaban J connectivity index is 1.76. The molecule has 3 aromatic rings. The van der Waals surface area contributed by atoms with Crippen LogP contribution in [0.15, 0.2) is 53.8 Å². The third-order valence-corrected chi connectivity index (χ3v) is 3.59. The molecule has 0 atom stereocenters. The zero-order valence-electron chi connectivity index (χ0n) is 13.0. The van der Waals surface area contributed by atoms with Gasteiger partial charge in [-0.2, -0.15) is 5.10 Å². The van der Waals surface area contributed by atoms with Crippen LogP contribution in [-0.2, 0) is 0 Å². The van der Waals surface area contributed by atoms with E-state index in [1.165, 1.54) is 0 Å². The number of hydrazone groups is 1. The summed E-state index contributed by atoms with van der Waals surface area (Å²) in [6.07, 6.45) is 3.48. The van der Waals surface area contributed by atoms with Gasteiger partial charge >= 0.3 is 0 Å². The molecule has 1 amide bonds. The van der Waals surface area contributed by atoms with Crippen LogP contribution >= 0.6 is 0 Å². The Hall–Kier alpha value is -3.08. The van der Waals surface area contributed by atoms with Gasteiger partial charge < -0.3 is 9.72 Å². The topological polar surface area (TPSA) is 66.5 Å². The van der Waals surface area contributed by atoms with E-state index < -0.39 is 0 Å². The average Bonchev–Trinajstić information content (AvgIpc) is 2.98. The number of H-pyrrole nitrogens is 1. The van der Waals surface area contributed by atoms with E-state index in [1.807, 2.05) is 49.5 Å². The zero-order valence-corrected chi connectivity index (χ0v) is 13.0. The maximum atomic E-state index is 12.2. The van der Waals surface area contributed by atoms with Crippen molar-refractivity contribution in [2.24, 2.45) is 5.10 Å². The Morgan fingerprint density at radius 1 is 1.26 bits per heavy atom. The number of aryl methyl sites for hydroxylation is 1. The number of methoxy groups -OCH3 is 1.